The van der Waals surface area contributed by atoms with Gasteiger partial charge in [0.1, 0.15) is 0 Å². The Bertz CT molecular complexity index is 613. The van der Waals surface area contributed by atoms with Crippen molar-refractivity contribution in [3.05, 3.63) is 64.1 Å². The van der Waals surface area contributed by atoms with E-state index in [9.17, 15) is 4.79 Å². The molecule has 3 nitrogen and oxygen atoms in total. The lowest BCUT2D eigenvalue weighted by molar-refractivity contribution is 0.0461. The first-order chi connectivity index (χ1) is 9.25. The quantitative estimate of drug-likeness (QED) is 0.847. The summed E-state index contributed by atoms with van der Waals surface area (Å²) >= 11 is 3.52. The molecule has 0 amide bonds. The monoisotopic (exact) mass is 317 g/mol. The second kappa shape index (κ2) is 5.05. The Hall–Kier alpha value is -1.81. The lowest BCUT2D eigenvalue weighted by Gasteiger charge is -2.18. The van der Waals surface area contributed by atoms with Crippen molar-refractivity contribution in [3.8, 4) is 0 Å². The average Bonchev–Trinajstić information content (AvgIpc) is 2.84. The minimum Gasteiger partial charge on any atom is -0.335 e. The smallest absolute Gasteiger partial charge is 0.335 e. The molecule has 3 rings (SSSR count). The number of nitrogens with zero attached hydrogens (tertiary/aromatic N) is 1. The maximum absolute atomic E-state index is 12.0. The third-order valence-corrected chi connectivity index (χ3v) is 3.87. The van der Waals surface area contributed by atoms with Crippen LogP contribution in [-0.2, 0) is 11.3 Å². The van der Waals surface area contributed by atoms with Crippen LogP contribution in [0.5, 0.6) is 0 Å². The van der Waals surface area contributed by atoms with Gasteiger partial charge in [0.05, 0.1) is 17.8 Å². The predicted octanol–water partition coefficient (Wildman–Crippen LogP) is 3.58. The Labute approximate surface area is 119 Å². The highest BCUT2D eigenvalue weighted by atomic mass is 79.9. The lowest BCUT2D eigenvalue weighted by Crippen LogP contribution is -2.25. The van der Waals surface area contributed by atoms with E-state index in [1.807, 2.05) is 36.4 Å². The largest absolute Gasteiger partial charge is 0.363 e. The fourth-order valence-corrected chi connectivity index (χ4v) is 2.74. The van der Waals surface area contributed by atoms with Crippen molar-refractivity contribution in [1.29, 1.82) is 0 Å². The molecule has 1 aliphatic rings. The molecule has 0 radical (unpaired) electrons. The molecule has 19 heavy (non-hydrogen) atoms. The summed E-state index contributed by atoms with van der Waals surface area (Å²) in [6.45, 7) is 0.691. The fourth-order valence-electron chi connectivity index (χ4n) is 2.18. The minimum absolute atomic E-state index is 0.326. The summed E-state index contributed by atoms with van der Waals surface area (Å²) < 4.78 is 1.06. The Morgan fingerprint density at radius 2 is 1.89 bits per heavy atom. The number of rotatable bonds is 2. The highest BCUT2D eigenvalue weighted by Gasteiger charge is 2.24. The van der Waals surface area contributed by atoms with Crippen molar-refractivity contribution >= 4 is 27.6 Å². The molecule has 0 saturated heterocycles. The van der Waals surface area contributed by atoms with E-state index in [1.54, 1.807) is 17.2 Å². The Balaban J connectivity index is 1.80. The zero-order valence-electron chi connectivity index (χ0n) is 10.2. The number of hydrogen-bond donors (Lipinski definition) is 0. The number of halogens is 1. The Morgan fingerprint density at radius 3 is 2.68 bits per heavy atom. The standard InChI is InChI=1S/C15H12BrNO2/c16-13-7-4-8-14-12(13)9-10-17(14)19-15(18)11-5-2-1-3-6-11/h1-8H,9-10H2. The van der Waals surface area contributed by atoms with Crippen LogP contribution in [0.3, 0.4) is 0 Å². The third-order valence-electron chi connectivity index (χ3n) is 3.13. The summed E-state index contributed by atoms with van der Waals surface area (Å²) in [6, 6.07) is 14.9. The van der Waals surface area contributed by atoms with E-state index in [1.165, 1.54) is 5.56 Å². The Kier molecular flexibility index (Phi) is 3.25. The minimum atomic E-state index is -0.326. The molecule has 2 aromatic rings. The average molecular weight is 318 g/mol. The number of hydroxylamine groups is 1. The van der Waals surface area contributed by atoms with E-state index >= 15 is 0 Å². The van der Waals surface area contributed by atoms with Gasteiger partial charge >= 0.3 is 5.97 Å². The molecule has 0 atom stereocenters. The van der Waals surface area contributed by atoms with Gasteiger partial charge in [-0.15, -0.1) is 0 Å². The molecule has 0 spiro atoms. The summed E-state index contributed by atoms with van der Waals surface area (Å²) in [7, 11) is 0. The summed E-state index contributed by atoms with van der Waals surface area (Å²) in [5.74, 6) is -0.326. The number of anilines is 1. The van der Waals surface area contributed by atoms with Crippen LogP contribution in [0.15, 0.2) is 53.0 Å². The van der Waals surface area contributed by atoms with Crippen LogP contribution in [0.4, 0.5) is 5.69 Å². The molecule has 96 valence electrons. The second-order valence-electron chi connectivity index (χ2n) is 4.33. The van der Waals surface area contributed by atoms with Gasteiger partial charge in [0, 0.05) is 4.47 Å². The fraction of sp³-hybridized carbons (Fsp3) is 0.133. The number of benzene rings is 2. The topological polar surface area (TPSA) is 29.5 Å². The first-order valence-electron chi connectivity index (χ1n) is 6.08. The van der Waals surface area contributed by atoms with Crippen molar-refractivity contribution < 1.29 is 9.63 Å². The molecule has 0 bridgehead atoms. The number of hydrogen-bond acceptors (Lipinski definition) is 3. The molecule has 4 heteroatoms. The maximum Gasteiger partial charge on any atom is 0.363 e. The predicted molar refractivity (Wildman–Crippen MR) is 77.0 cm³/mol. The van der Waals surface area contributed by atoms with E-state index in [0.29, 0.717) is 12.1 Å². The molecule has 0 fully saturated rings. The van der Waals surface area contributed by atoms with Crippen molar-refractivity contribution in [1.82, 2.24) is 0 Å². The van der Waals surface area contributed by atoms with Crippen LogP contribution in [0.1, 0.15) is 15.9 Å². The van der Waals surface area contributed by atoms with E-state index in [0.717, 1.165) is 16.6 Å². The molecule has 0 aromatic heterocycles. The van der Waals surface area contributed by atoms with Crippen LogP contribution < -0.4 is 5.06 Å². The van der Waals surface area contributed by atoms with Crippen molar-refractivity contribution in [2.75, 3.05) is 11.6 Å². The van der Waals surface area contributed by atoms with E-state index in [4.69, 9.17) is 4.84 Å². The van der Waals surface area contributed by atoms with Crippen LogP contribution in [0.2, 0.25) is 0 Å². The summed E-state index contributed by atoms with van der Waals surface area (Å²) in [4.78, 5) is 17.5. The first kappa shape index (κ1) is 12.2. The van der Waals surface area contributed by atoms with Gasteiger partial charge in [-0.25, -0.2) is 9.86 Å². The van der Waals surface area contributed by atoms with Gasteiger partial charge in [0.2, 0.25) is 0 Å². The Morgan fingerprint density at radius 1 is 1.11 bits per heavy atom. The second-order valence-corrected chi connectivity index (χ2v) is 5.19. The van der Waals surface area contributed by atoms with E-state index < -0.39 is 0 Å². The first-order valence-corrected chi connectivity index (χ1v) is 6.87. The van der Waals surface area contributed by atoms with Gasteiger partial charge in [-0.1, -0.05) is 40.2 Å². The van der Waals surface area contributed by atoms with Crippen molar-refractivity contribution in [2.45, 2.75) is 6.42 Å². The highest BCUT2D eigenvalue weighted by Crippen LogP contribution is 2.33. The molecule has 1 aliphatic heterocycles. The molecule has 2 aromatic carbocycles. The molecular weight excluding hydrogens is 306 g/mol. The molecule has 0 saturated carbocycles. The van der Waals surface area contributed by atoms with Crippen molar-refractivity contribution in [3.63, 3.8) is 0 Å². The van der Waals surface area contributed by atoms with Gasteiger partial charge in [0.25, 0.3) is 0 Å². The lowest BCUT2D eigenvalue weighted by atomic mass is 10.2. The molecular formula is C15H12BrNO2. The molecule has 0 aliphatic carbocycles. The summed E-state index contributed by atoms with van der Waals surface area (Å²) in [6.07, 6.45) is 0.874. The maximum atomic E-state index is 12.0. The van der Waals surface area contributed by atoms with E-state index in [-0.39, 0.29) is 5.97 Å². The van der Waals surface area contributed by atoms with E-state index in [2.05, 4.69) is 15.9 Å². The van der Waals surface area contributed by atoms with Crippen LogP contribution in [0, 0.1) is 0 Å². The normalized spacial score (nSPS) is 13.2. The molecule has 1 heterocycles. The van der Waals surface area contributed by atoms with Gasteiger partial charge in [-0.05, 0) is 36.2 Å². The van der Waals surface area contributed by atoms with Gasteiger partial charge < -0.3 is 4.84 Å². The van der Waals surface area contributed by atoms with Crippen LogP contribution in [0.25, 0.3) is 0 Å². The van der Waals surface area contributed by atoms with Gasteiger partial charge in [0.15, 0.2) is 0 Å². The highest BCUT2D eigenvalue weighted by molar-refractivity contribution is 9.10. The van der Waals surface area contributed by atoms with Crippen molar-refractivity contribution in [2.24, 2.45) is 0 Å². The zero-order chi connectivity index (χ0) is 13.2. The summed E-state index contributed by atoms with van der Waals surface area (Å²) in [5.41, 5.74) is 2.70. The summed E-state index contributed by atoms with van der Waals surface area (Å²) in [5, 5.41) is 1.66. The number of fused-ring (bicyclic) bond motifs is 1. The van der Waals surface area contributed by atoms with Crippen LogP contribution in [-0.4, -0.2) is 12.5 Å². The van der Waals surface area contributed by atoms with Crippen LogP contribution >= 0.6 is 15.9 Å². The molecule has 0 unspecified atom stereocenters. The molecule has 0 N–H and O–H groups in total. The third kappa shape index (κ3) is 2.36. The SMILES string of the molecule is O=C(ON1CCc2c(Br)cccc21)c1ccccc1. The number of carbonyl (C=O) groups is 1. The zero-order valence-corrected chi connectivity index (χ0v) is 11.8. The van der Waals surface area contributed by atoms with Gasteiger partial charge in [-0.3, -0.25) is 0 Å². The van der Waals surface area contributed by atoms with Gasteiger partial charge in [-0.2, -0.15) is 0 Å². The number of carbonyl (C=O) groups excluding carboxylic acids is 1.